The van der Waals surface area contributed by atoms with E-state index < -0.39 is 0 Å². The molecular formula is C7H9N3OS. The lowest BCUT2D eigenvalue weighted by atomic mass is 10.3. The van der Waals surface area contributed by atoms with Crippen LogP contribution in [0.1, 0.15) is 0 Å². The van der Waals surface area contributed by atoms with Gasteiger partial charge in [-0.3, -0.25) is 0 Å². The molecule has 0 saturated heterocycles. The summed E-state index contributed by atoms with van der Waals surface area (Å²) >= 11 is 1.28. The largest absolute Gasteiger partial charge is 0.395 e. The lowest BCUT2D eigenvalue weighted by molar-refractivity contribution is 0.298. The van der Waals surface area contributed by atoms with Crippen LogP contribution in [0.15, 0.2) is 10.6 Å². The molecule has 0 aliphatic carbocycles. The smallest absolute Gasteiger partial charge is 0.159 e. The molecule has 5 heteroatoms. The summed E-state index contributed by atoms with van der Waals surface area (Å²) in [5, 5.41) is 28.7. The zero-order valence-corrected chi connectivity index (χ0v) is 7.48. The number of allylic oxidation sites excluding steroid dienone is 1. The third-order valence-electron chi connectivity index (χ3n) is 1.05. The Bertz CT molecular complexity index is 232. The molecule has 0 saturated carbocycles. The predicted molar refractivity (Wildman–Crippen MR) is 46.9 cm³/mol. The highest BCUT2D eigenvalue weighted by Crippen LogP contribution is 2.11. The number of nitrogens with zero attached hydrogens (tertiary/aromatic N) is 2. The minimum Gasteiger partial charge on any atom is -0.395 e. The minimum absolute atomic E-state index is 0.0196. The molecule has 0 aromatic heterocycles. The van der Waals surface area contributed by atoms with E-state index in [1.54, 1.807) is 18.4 Å². The molecule has 0 aliphatic heterocycles. The molecular weight excluding hydrogens is 174 g/mol. The standard InChI is InChI=1S/C7H9N3OS/c1-12-7(10-2-3-11)6(4-8)5-9/h10-11H,2-3H2,1H3. The van der Waals surface area contributed by atoms with Crippen LogP contribution in [0.5, 0.6) is 0 Å². The fraction of sp³-hybridized carbons (Fsp3) is 0.429. The second kappa shape index (κ2) is 6.53. The summed E-state index contributed by atoms with van der Waals surface area (Å²) in [4.78, 5) is 0. The van der Waals surface area contributed by atoms with E-state index in [9.17, 15) is 0 Å². The Kier molecular flexibility index (Phi) is 5.90. The van der Waals surface area contributed by atoms with Crippen molar-refractivity contribution < 1.29 is 5.11 Å². The summed E-state index contributed by atoms with van der Waals surface area (Å²) in [6.45, 7) is 0.331. The second-order valence-corrected chi connectivity index (χ2v) is 2.60. The van der Waals surface area contributed by atoms with Crippen molar-refractivity contribution in [3.8, 4) is 12.1 Å². The van der Waals surface area contributed by atoms with Crippen molar-refractivity contribution in [3.05, 3.63) is 10.6 Å². The summed E-state index contributed by atoms with van der Waals surface area (Å²) in [7, 11) is 0. The highest BCUT2D eigenvalue weighted by atomic mass is 32.2. The number of nitrogens with one attached hydrogen (secondary N) is 1. The van der Waals surface area contributed by atoms with Crippen LogP contribution in [0.4, 0.5) is 0 Å². The van der Waals surface area contributed by atoms with Crippen LogP contribution in [-0.2, 0) is 0 Å². The SMILES string of the molecule is CSC(NCCO)=C(C#N)C#N. The molecule has 0 heterocycles. The Morgan fingerprint density at radius 3 is 2.42 bits per heavy atom. The Morgan fingerprint density at radius 2 is 2.08 bits per heavy atom. The van der Waals surface area contributed by atoms with E-state index in [4.69, 9.17) is 15.6 Å². The first-order valence-corrected chi connectivity index (χ1v) is 4.45. The van der Waals surface area contributed by atoms with Gasteiger partial charge < -0.3 is 10.4 Å². The molecule has 0 bridgehead atoms. The monoisotopic (exact) mass is 183 g/mol. The van der Waals surface area contributed by atoms with Gasteiger partial charge in [-0.15, -0.1) is 11.8 Å². The lowest BCUT2D eigenvalue weighted by Gasteiger charge is -2.05. The van der Waals surface area contributed by atoms with Gasteiger partial charge in [-0.05, 0) is 6.26 Å². The number of aliphatic hydroxyl groups is 1. The molecule has 4 nitrogen and oxygen atoms in total. The number of aliphatic hydroxyl groups excluding tert-OH is 1. The first-order chi connectivity index (χ1) is 5.79. The fourth-order valence-electron chi connectivity index (χ4n) is 0.559. The van der Waals surface area contributed by atoms with E-state index in [2.05, 4.69) is 5.32 Å². The van der Waals surface area contributed by atoms with Gasteiger partial charge in [0.05, 0.1) is 11.6 Å². The van der Waals surface area contributed by atoms with Gasteiger partial charge in [0.25, 0.3) is 0 Å². The molecule has 0 atom stereocenters. The Labute approximate surface area is 75.5 Å². The predicted octanol–water partition coefficient (Wildman–Crippen LogP) is 0.190. The highest BCUT2D eigenvalue weighted by Gasteiger charge is 2.02. The van der Waals surface area contributed by atoms with E-state index in [-0.39, 0.29) is 12.2 Å². The van der Waals surface area contributed by atoms with Gasteiger partial charge in [0.15, 0.2) is 5.57 Å². The summed E-state index contributed by atoms with van der Waals surface area (Å²) < 4.78 is 0. The Balaban J connectivity index is 4.42. The van der Waals surface area contributed by atoms with Crippen molar-refractivity contribution in [1.82, 2.24) is 5.32 Å². The first kappa shape index (κ1) is 10.8. The van der Waals surface area contributed by atoms with Crippen LogP contribution >= 0.6 is 11.8 Å². The molecule has 2 N–H and O–H groups in total. The van der Waals surface area contributed by atoms with E-state index in [0.717, 1.165) is 0 Å². The van der Waals surface area contributed by atoms with Crippen molar-refractivity contribution in [2.45, 2.75) is 0 Å². The number of hydrogen-bond donors (Lipinski definition) is 2. The molecule has 0 unspecified atom stereocenters. The van der Waals surface area contributed by atoms with Gasteiger partial charge in [0.1, 0.15) is 12.1 Å². The molecule has 0 aliphatic rings. The first-order valence-electron chi connectivity index (χ1n) is 3.23. The van der Waals surface area contributed by atoms with Crippen LogP contribution in [0.2, 0.25) is 0 Å². The average molecular weight is 183 g/mol. The quantitative estimate of drug-likeness (QED) is 0.608. The third-order valence-corrected chi connectivity index (χ3v) is 1.81. The molecule has 0 amide bonds. The Morgan fingerprint density at radius 1 is 1.50 bits per heavy atom. The molecule has 0 aromatic carbocycles. The van der Waals surface area contributed by atoms with E-state index >= 15 is 0 Å². The summed E-state index contributed by atoms with van der Waals surface area (Å²) in [5.41, 5.74) is 0.0518. The van der Waals surface area contributed by atoms with Gasteiger partial charge in [0, 0.05) is 6.54 Å². The molecule has 64 valence electrons. The maximum absolute atomic E-state index is 8.48. The van der Waals surface area contributed by atoms with Crippen molar-refractivity contribution in [1.29, 1.82) is 10.5 Å². The Hall–Kier alpha value is -1.17. The summed E-state index contributed by atoms with van der Waals surface area (Å²) in [6.07, 6.45) is 1.76. The lowest BCUT2D eigenvalue weighted by Crippen LogP contribution is -2.16. The number of nitriles is 2. The maximum Gasteiger partial charge on any atom is 0.159 e. The summed E-state index contributed by atoms with van der Waals surface area (Å²) in [5.74, 6) is 0. The van der Waals surface area contributed by atoms with Crippen molar-refractivity contribution in [2.24, 2.45) is 0 Å². The van der Waals surface area contributed by atoms with Crippen molar-refractivity contribution >= 4 is 11.8 Å². The van der Waals surface area contributed by atoms with Gasteiger partial charge in [-0.25, -0.2) is 0 Å². The molecule has 12 heavy (non-hydrogen) atoms. The fourth-order valence-corrected chi connectivity index (χ4v) is 1.10. The van der Waals surface area contributed by atoms with Gasteiger partial charge in [-0.1, -0.05) is 0 Å². The molecule has 0 radical (unpaired) electrons. The molecule has 0 rings (SSSR count). The van der Waals surface area contributed by atoms with Crippen LogP contribution in [0, 0.1) is 22.7 Å². The van der Waals surface area contributed by atoms with Crippen LogP contribution in [0.25, 0.3) is 0 Å². The van der Waals surface area contributed by atoms with Crippen LogP contribution < -0.4 is 5.32 Å². The zero-order valence-electron chi connectivity index (χ0n) is 6.66. The second-order valence-electron chi connectivity index (χ2n) is 1.78. The van der Waals surface area contributed by atoms with E-state index in [1.165, 1.54) is 11.8 Å². The van der Waals surface area contributed by atoms with Crippen molar-refractivity contribution in [3.63, 3.8) is 0 Å². The van der Waals surface area contributed by atoms with Gasteiger partial charge in [-0.2, -0.15) is 10.5 Å². The topological polar surface area (TPSA) is 79.8 Å². The van der Waals surface area contributed by atoms with E-state index in [1.807, 2.05) is 0 Å². The minimum atomic E-state index is -0.0196. The van der Waals surface area contributed by atoms with Crippen molar-refractivity contribution in [2.75, 3.05) is 19.4 Å². The maximum atomic E-state index is 8.48. The van der Waals surface area contributed by atoms with E-state index in [0.29, 0.717) is 11.6 Å². The highest BCUT2D eigenvalue weighted by molar-refractivity contribution is 8.02. The third kappa shape index (κ3) is 3.29. The molecule has 0 fully saturated rings. The number of thioether (sulfide) groups is 1. The van der Waals surface area contributed by atoms with Gasteiger partial charge >= 0.3 is 0 Å². The molecule has 0 aromatic rings. The average Bonchev–Trinajstić information content (AvgIpc) is 2.12. The normalized spacial score (nSPS) is 8.00. The zero-order chi connectivity index (χ0) is 9.40. The summed E-state index contributed by atoms with van der Waals surface area (Å²) in [6, 6.07) is 3.53. The molecule has 0 spiro atoms. The van der Waals surface area contributed by atoms with Crippen LogP contribution in [0.3, 0.4) is 0 Å². The number of rotatable bonds is 4. The number of hydrogen-bond acceptors (Lipinski definition) is 5. The van der Waals surface area contributed by atoms with Gasteiger partial charge in [0.2, 0.25) is 0 Å². The van der Waals surface area contributed by atoms with Crippen LogP contribution in [-0.4, -0.2) is 24.5 Å².